The predicted molar refractivity (Wildman–Crippen MR) is 73.7 cm³/mol. The molecule has 1 saturated heterocycles. The van der Waals surface area contributed by atoms with Crippen LogP contribution in [0.3, 0.4) is 0 Å². The number of benzene rings is 1. The minimum Gasteiger partial charge on any atom is -0.325 e. The van der Waals surface area contributed by atoms with E-state index in [2.05, 4.69) is 15.5 Å². The van der Waals surface area contributed by atoms with E-state index in [1.807, 2.05) is 13.1 Å². The second-order valence-electron chi connectivity index (χ2n) is 4.80. The van der Waals surface area contributed by atoms with Crippen LogP contribution >= 0.6 is 0 Å². The van der Waals surface area contributed by atoms with Crippen molar-refractivity contribution in [2.45, 2.75) is 12.5 Å². The van der Waals surface area contributed by atoms with E-state index >= 15 is 0 Å². The van der Waals surface area contributed by atoms with Gasteiger partial charge in [0.05, 0.1) is 18.2 Å². The van der Waals surface area contributed by atoms with Crippen molar-refractivity contribution in [2.24, 2.45) is 0 Å². The summed E-state index contributed by atoms with van der Waals surface area (Å²) in [6.07, 6.45) is 1.08. The summed E-state index contributed by atoms with van der Waals surface area (Å²) in [5.41, 5.74) is 1.31. The van der Waals surface area contributed by atoms with Crippen LogP contribution in [-0.4, -0.2) is 43.5 Å². The number of nitrogens with zero attached hydrogens (tertiary/aromatic N) is 2. The van der Waals surface area contributed by atoms with Crippen molar-refractivity contribution in [1.82, 2.24) is 10.2 Å². The molecule has 0 saturated carbocycles. The average molecular weight is 258 g/mol. The van der Waals surface area contributed by atoms with Crippen LogP contribution in [0.2, 0.25) is 0 Å². The van der Waals surface area contributed by atoms with Crippen LogP contribution in [0.5, 0.6) is 0 Å². The van der Waals surface area contributed by atoms with E-state index in [1.54, 1.807) is 24.3 Å². The number of anilines is 1. The predicted octanol–water partition coefficient (Wildman–Crippen LogP) is 0.790. The summed E-state index contributed by atoms with van der Waals surface area (Å²) in [6, 6.07) is 9.36. The first kappa shape index (κ1) is 13.5. The largest absolute Gasteiger partial charge is 0.325 e. The molecule has 0 spiro atoms. The second kappa shape index (κ2) is 6.32. The molecular weight excluding hydrogens is 240 g/mol. The summed E-state index contributed by atoms with van der Waals surface area (Å²) >= 11 is 0. The van der Waals surface area contributed by atoms with Crippen LogP contribution in [0.15, 0.2) is 24.3 Å². The third-order valence-electron chi connectivity index (χ3n) is 3.35. The number of rotatable bonds is 4. The highest BCUT2D eigenvalue weighted by Gasteiger charge is 2.20. The van der Waals surface area contributed by atoms with Crippen LogP contribution in [0.25, 0.3) is 0 Å². The van der Waals surface area contributed by atoms with Gasteiger partial charge in [-0.15, -0.1) is 0 Å². The zero-order chi connectivity index (χ0) is 13.7. The number of carbonyl (C=O) groups is 1. The zero-order valence-corrected chi connectivity index (χ0v) is 11.0. The minimum atomic E-state index is -0.0286. The fraction of sp³-hybridized carbons (Fsp3) is 0.429. The highest BCUT2D eigenvalue weighted by atomic mass is 16.2. The van der Waals surface area contributed by atoms with Gasteiger partial charge in [0, 0.05) is 18.3 Å². The molecule has 1 atom stereocenters. The quantitative estimate of drug-likeness (QED) is 0.838. The fourth-order valence-electron chi connectivity index (χ4n) is 2.20. The first-order chi connectivity index (χ1) is 9.19. The van der Waals surface area contributed by atoms with Crippen molar-refractivity contribution in [3.05, 3.63) is 29.8 Å². The van der Waals surface area contributed by atoms with Crippen molar-refractivity contribution >= 4 is 11.6 Å². The lowest BCUT2D eigenvalue weighted by Crippen LogP contribution is -2.39. The maximum absolute atomic E-state index is 11.9. The van der Waals surface area contributed by atoms with E-state index in [4.69, 9.17) is 5.26 Å². The number of hydrogen-bond acceptors (Lipinski definition) is 4. The number of likely N-dealkylation sites (N-methyl/N-ethyl adjacent to an activating group) is 1. The third-order valence-corrected chi connectivity index (χ3v) is 3.35. The van der Waals surface area contributed by atoms with Gasteiger partial charge in [0.25, 0.3) is 0 Å². The standard InChI is InChI=1S/C14H18N4O/c1-18(13-6-7-16-9-13)10-14(19)17-12-4-2-11(8-15)3-5-12/h2-5,13,16H,6-7,9-10H2,1H3,(H,17,19). The van der Waals surface area contributed by atoms with Gasteiger partial charge in [-0.2, -0.15) is 5.26 Å². The molecule has 2 rings (SSSR count). The molecule has 5 nitrogen and oxygen atoms in total. The van der Waals surface area contributed by atoms with Gasteiger partial charge in [-0.1, -0.05) is 0 Å². The van der Waals surface area contributed by atoms with Gasteiger partial charge in [0.1, 0.15) is 0 Å². The Kier molecular flexibility index (Phi) is 4.50. The molecular formula is C14H18N4O. The normalized spacial score (nSPS) is 18.3. The molecule has 0 bridgehead atoms. The van der Waals surface area contributed by atoms with Gasteiger partial charge in [-0.3, -0.25) is 9.69 Å². The molecule has 1 aliphatic rings. The van der Waals surface area contributed by atoms with Crippen LogP contribution in [0.1, 0.15) is 12.0 Å². The molecule has 1 heterocycles. The number of nitrogens with one attached hydrogen (secondary N) is 2. The molecule has 1 unspecified atom stereocenters. The number of hydrogen-bond donors (Lipinski definition) is 2. The van der Waals surface area contributed by atoms with Crippen molar-refractivity contribution in [3.8, 4) is 6.07 Å². The molecule has 0 aromatic heterocycles. The van der Waals surface area contributed by atoms with E-state index in [-0.39, 0.29) is 5.91 Å². The monoisotopic (exact) mass is 258 g/mol. The lowest BCUT2D eigenvalue weighted by Gasteiger charge is -2.22. The molecule has 100 valence electrons. The van der Waals surface area contributed by atoms with Gasteiger partial charge < -0.3 is 10.6 Å². The molecule has 1 amide bonds. The Morgan fingerprint density at radius 3 is 2.84 bits per heavy atom. The van der Waals surface area contributed by atoms with E-state index < -0.39 is 0 Å². The Morgan fingerprint density at radius 2 is 2.26 bits per heavy atom. The molecule has 19 heavy (non-hydrogen) atoms. The summed E-state index contributed by atoms with van der Waals surface area (Å²) in [4.78, 5) is 14.0. The second-order valence-corrected chi connectivity index (χ2v) is 4.80. The lowest BCUT2D eigenvalue weighted by atomic mass is 10.2. The van der Waals surface area contributed by atoms with Gasteiger partial charge >= 0.3 is 0 Å². The number of nitriles is 1. The summed E-state index contributed by atoms with van der Waals surface area (Å²) < 4.78 is 0. The SMILES string of the molecule is CN(CC(=O)Nc1ccc(C#N)cc1)C1CCNC1. The van der Waals surface area contributed by atoms with E-state index in [0.717, 1.165) is 25.2 Å². The summed E-state index contributed by atoms with van der Waals surface area (Å²) in [7, 11) is 1.97. The van der Waals surface area contributed by atoms with Gasteiger partial charge in [0.2, 0.25) is 5.91 Å². The van der Waals surface area contributed by atoms with E-state index in [0.29, 0.717) is 18.2 Å². The third kappa shape index (κ3) is 3.78. The summed E-state index contributed by atoms with van der Waals surface area (Å²) in [6.45, 7) is 2.35. The highest BCUT2D eigenvalue weighted by Crippen LogP contribution is 2.10. The van der Waals surface area contributed by atoms with E-state index in [9.17, 15) is 4.79 Å². The van der Waals surface area contributed by atoms with Crippen molar-refractivity contribution in [3.63, 3.8) is 0 Å². The molecule has 1 aliphatic heterocycles. The van der Waals surface area contributed by atoms with Crippen molar-refractivity contribution in [2.75, 3.05) is 32.0 Å². The Labute approximate surface area is 113 Å². The van der Waals surface area contributed by atoms with Gasteiger partial charge in [-0.25, -0.2) is 0 Å². The van der Waals surface area contributed by atoms with Crippen LogP contribution in [0, 0.1) is 11.3 Å². The Balaban J connectivity index is 1.84. The van der Waals surface area contributed by atoms with Crippen LogP contribution < -0.4 is 10.6 Å². The van der Waals surface area contributed by atoms with Crippen molar-refractivity contribution < 1.29 is 4.79 Å². The summed E-state index contributed by atoms with van der Waals surface area (Å²) in [5.74, 6) is -0.0286. The van der Waals surface area contributed by atoms with E-state index in [1.165, 1.54) is 0 Å². The zero-order valence-electron chi connectivity index (χ0n) is 11.0. The lowest BCUT2D eigenvalue weighted by molar-refractivity contribution is -0.117. The molecule has 2 N–H and O–H groups in total. The Bertz CT molecular complexity index is 471. The molecule has 1 aromatic carbocycles. The first-order valence-corrected chi connectivity index (χ1v) is 6.40. The smallest absolute Gasteiger partial charge is 0.238 e. The first-order valence-electron chi connectivity index (χ1n) is 6.40. The topological polar surface area (TPSA) is 68.2 Å². The number of amides is 1. The highest BCUT2D eigenvalue weighted by molar-refractivity contribution is 5.92. The summed E-state index contributed by atoms with van der Waals surface area (Å²) in [5, 5.41) is 14.8. The molecule has 0 aliphatic carbocycles. The average Bonchev–Trinajstić information content (AvgIpc) is 2.93. The molecule has 0 radical (unpaired) electrons. The van der Waals surface area contributed by atoms with Crippen LogP contribution in [-0.2, 0) is 4.79 Å². The minimum absolute atomic E-state index is 0.0286. The Hall–Kier alpha value is -1.90. The maximum Gasteiger partial charge on any atom is 0.238 e. The molecule has 1 fully saturated rings. The van der Waals surface area contributed by atoms with Crippen LogP contribution in [0.4, 0.5) is 5.69 Å². The maximum atomic E-state index is 11.9. The molecule has 5 heteroatoms. The number of carbonyl (C=O) groups excluding carboxylic acids is 1. The molecule has 1 aromatic rings. The van der Waals surface area contributed by atoms with Gasteiger partial charge in [-0.05, 0) is 44.3 Å². The Morgan fingerprint density at radius 1 is 1.53 bits per heavy atom. The van der Waals surface area contributed by atoms with Crippen molar-refractivity contribution in [1.29, 1.82) is 5.26 Å². The fourth-order valence-corrected chi connectivity index (χ4v) is 2.20. The van der Waals surface area contributed by atoms with Gasteiger partial charge in [0.15, 0.2) is 0 Å².